The molecule has 9 atom stereocenters. The van der Waals surface area contributed by atoms with Crippen LogP contribution in [-0.2, 0) is 9.53 Å². The van der Waals surface area contributed by atoms with Gasteiger partial charge in [-0.25, -0.2) is 0 Å². The molecule has 4 N–H and O–H groups in total. The van der Waals surface area contributed by atoms with Gasteiger partial charge in [0.15, 0.2) is 5.78 Å². The summed E-state index contributed by atoms with van der Waals surface area (Å²) in [4.78, 5) is 13.3. The molecular weight excluding hydrogens is 336 g/mol. The topological polar surface area (TPSA) is 107 Å². The van der Waals surface area contributed by atoms with Crippen LogP contribution < -0.4 is 0 Å². The monoisotopic (exact) mass is 364 g/mol. The first-order chi connectivity index (χ1) is 12.0. The molecular formula is C20H28O6. The molecule has 2 spiro atoms. The number of ketones is 1. The van der Waals surface area contributed by atoms with Gasteiger partial charge >= 0.3 is 0 Å². The van der Waals surface area contributed by atoms with Crippen LogP contribution in [0.15, 0.2) is 12.2 Å². The van der Waals surface area contributed by atoms with Gasteiger partial charge in [-0.2, -0.15) is 0 Å². The molecule has 2 heterocycles. The van der Waals surface area contributed by atoms with Crippen LogP contribution in [0.3, 0.4) is 0 Å². The summed E-state index contributed by atoms with van der Waals surface area (Å²) in [7, 11) is 0. The Balaban J connectivity index is 1.81. The maximum absolute atomic E-state index is 13.3. The number of aliphatic hydroxyl groups is 4. The standard InChI is InChI=1S/C20H28O6/c1-9-10-6-11(21)13-18-8-26-20(25,19(13,7-10)15(9)23)16(24)14(18)17(2,3)5-4-12(18)22/h10-14,16,21-22,24-25H,1,4-8H2,2-3H3/t10-,11+,12+,13+,14-,16+,18+,19-,20-/m1/s1. The lowest BCUT2D eigenvalue weighted by Crippen LogP contribution is -2.85. The Kier molecular flexibility index (Phi) is 3.07. The van der Waals surface area contributed by atoms with Crippen LogP contribution in [0, 0.1) is 34.0 Å². The van der Waals surface area contributed by atoms with Crippen molar-refractivity contribution in [3.8, 4) is 0 Å². The van der Waals surface area contributed by atoms with Crippen LogP contribution >= 0.6 is 0 Å². The lowest BCUT2D eigenvalue weighted by molar-refractivity contribution is -0.455. The van der Waals surface area contributed by atoms with E-state index in [0.717, 1.165) is 0 Å². The van der Waals surface area contributed by atoms with Crippen molar-refractivity contribution in [2.75, 3.05) is 6.61 Å². The van der Waals surface area contributed by atoms with E-state index in [9.17, 15) is 25.2 Å². The highest BCUT2D eigenvalue weighted by Gasteiger charge is 2.85. The van der Waals surface area contributed by atoms with Crippen molar-refractivity contribution in [3.63, 3.8) is 0 Å². The zero-order valence-electron chi connectivity index (χ0n) is 15.3. The number of carbonyl (C=O) groups excluding carboxylic acids is 1. The average molecular weight is 364 g/mol. The SMILES string of the molecule is C=C1C(=O)[C@@]23C[C@H]1C[C@H](O)[C@H]2[C@@]12CO[C@]3(O)[C@@H](O)[C@@H]1C(C)(C)CC[C@@H]2O. The molecule has 144 valence electrons. The molecule has 0 amide bonds. The summed E-state index contributed by atoms with van der Waals surface area (Å²) in [6.45, 7) is 8.01. The normalized spacial score (nSPS) is 59.9. The van der Waals surface area contributed by atoms with Crippen LogP contribution in [0.25, 0.3) is 0 Å². The first-order valence-electron chi connectivity index (χ1n) is 9.68. The third-order valence-electron chi connectivity index (χ3n) is 8.78. The molecule has 6 aliphatic rings. The quantitative estimate of drug-likeness (QED) is 0.463. The van der Waals surface area contributed by atoms with Gasteiger partial charge in [-0.3, -0.25) is 4.79 Å². The molecule has 26 heavy (non-hydrogen) atoms. The van der Waals surface area contributed by atoms with Gasteiger partial charge in [0.1, 0.15) is 6.10 Å². The minimum absolute atomic E-state index is 0.0454. The zero-order valence-corrected chi connectivity index (χ0v) is 15.3. The highest BCUT2D eigenvalue weighted by atomic mass is 16.6. The Morgan fingerprint density at radius 1 is 1.19 bits per heavy atom. The minimum atomic E-state index is -2.05. The van der Waals surface area contributed by atoms with Gasteiger partial charge in [0.05, 0.1) is 24.2 Å². The Morgan fingerprint density at radius 2 is 1.88 bits per heavy atom. The number of Topliss-reactive ketones (excluding diaryl/α,β-unsaturated/α-hetero) is 1. The van der Waals surface area contributed by atoms with E-state index in [1.807, 2.05) is 13.8 Å². The maximum Gasteiger partial charge on any atom is 0.205 e. The second-order valence-corrected chi connectivity index (χ2v) is 10.1. The maximum atomic E-state index is 13.3. The molecule has 2 saturated heterocycles. The number of hydrogen-bond acceptors (Lipinski definition) is 6. The fourth-order valence-electron chi connectivity index (χ4n) is 7.88. The second-order valence-electron chi connectivity index (χ2n) is 10.1. The number of allylic oxidation sites excluding steroid dienone is 1. The summed E-state index contributed by atoms with van der Waals surface area (Å²) in [5.74, 6) is -3.66. The van der Waals surface area contributed by atoms with Crippen molar-refractivity contribution in [2.45, 2.75) is 63.6 Å². The van der Waals surface area contributed by atoms with Crippen molar-refractivity contribution >= 4 is 5.78 Å². The fourth-order valence-corrected chi connectivity index (χ4v) is 7.88. The van der Waals surface area contributed by atoms with Gasteiger partial charge < -0.3 is 25.2 Å². The van der Waals surface area contributed by atoms with Crippen LogP contribution in [0.2, 0.25) is 0 Å². The van der Waals surface area contributed by atoms with Gasteiger partial charge in [0, 0.05) is 17.3 Å². The first-order valence-corrected chi connectivity index (χ1v) is 9.68. The Hall–Kier alpha value is -0.790. The van der Waals surface area contributed by atoms with E-state index in [2.05, 4.69) is 6.58 Å². The number of rotatable bonds is 0. The van der Waals surface area contributed by atoms with E-state index in [4.69, 9.17) is 4.74 Å². The molecule has 6 heteroatoms. The van der Waals surface area contributed by atoms with Gasteiger partial charge in [-0.15, -0.1) is 0 Å². The smallest absolute Gasteiger partial charge is 0.205 e. The molecule has 0 radical (unpaired) electrons. The van der Waals surface area contributed by atoms with E-state index in [0.29, 0.717) is 31.3 Å². The van der Waals surface area contributed by atoms with E-state index in [-0.39, 0.29) is 23.7 Å². The molecule has 6 nitrogen and oxygen atoms in total. The summed E-state index contributed by atoms with van der Waals surface area (Å²) >= 11 is 0. The van der Waals surface area contributed by atoms with Crippen molar-refractivity contribution < 1.29 is 30.0 Å². The molecule has 0 aromatic rings. The highest BCUT2D eigenvalue weighted by Crippen LogP contribution is 2.76. The van der Waals surface area contributed by atoms with Crippen molar-refractivity contribution in [3.05, 3.63) is 12.2 Å². The number of ether oxygens (including phenoxy) is 1. The molecule has 4 saturated carbocycles. The van der Waals surface area contributed by atoms with Crippen molar-refractivity contribution in [1.29, 1.82) is 0 Å². The predicted octanol–water partition coefficient (Wildman–Crippen LogP) is 0.376. The van der Waals surface area contributed by atoms with Gasteiger partial charge in [0.25, 0.3) is 0 Å². The average Bonchev–Trinajstić information content (AvgIpc) is 2.76. The highest BCUT2D eigenvalue weighted by molar-refractivity contribution is 6.04. The first kappa shape index (κ1) is 17.3. The Labute approximate surface area is 152 Å². The van der Waals surface area contributed by atoms with Crippen LogP contribution in [-0.4, -0.2) is 56.9 Å². The third kappa shape index (κ3) is 1.47. The lowest BCUT2D eigenvalue weighted by Gasteiger charge is -2.74. The van der Waals surface area contributed by atoms with Crippen molar-refractivity contribution in [1.82, 2.24) is 0 Å². The number of aliphatic hydroxyl groups excluding tert-OH is 3. The second kappa shape index (κ2) is 4.61. The van der Waals surface area contributed by atoms with E-state index in [1.165, 1.54) is 0 Å². The largest absolute Gasteiger partial charge is 0.393 e. The van der Waals surface area contributed by atoms with Crippen LogP contribution in [0.4, 0.5) is 0 Å². The zero-order chi connectivity index (χ0) is 18.9. The summed E-state index contributed by atoms with van der Waals surface area (Å²) in [5.41, 5.74) is -2.32. The van der Waals surface area contributed by atoms with Crippen LogP contribution in [0.5, 0.6) is 0 Å². The number of fused-ring (bicyclic) bond motifs is 2. The summed E-state index contributed by atoms with van der Waals surface area (Å²) in [6.07, 6.45) is -0.978. The third-order valence-corrected chi connectivity index (χ3v) is 8.78. The van der Waals surface area contributed by atoms with Gasteiger partial charge in [-0.1, -0.05) is 20.4 Å². The predicted molar refractivity (Wildman–Crippen MR) is 90.7 cm³/mol. The lowest BCUT2D eigenvalue weighted by atomic mass is 9.35. The molecule has 6 rings (SSSR count). The molecule has 6 fully saturated rings. The number of hydrogen-bond donors (Lipinski definition) is 4. The van der Waals surface area contributed by atoms with Gasteiger partial charge in [-0.05, 0) is 42.6 Å². The summed E-state index contributed by atoms with van der Waals surface area (Å²) < 4.78 is 5.83. The van der Waals surface area contributed by atoms with E-state index < -0.39 is 46.8 Å². The summed E-state index contributed by atoms with van der Waals surface area (Å²) in [6, 6.07) is 0. The molecule has 4 bridgehead atoms. The molecule has 4 aliphatic carbocycles. The molecule has 0 aromatic carbocycles. The number of carbonyl (C=O) groups is 1. The molecule has 2 aliphatic heterocycles. The minimum Gasteiger partial charge on any atom is -0.393 e. The molecule has 0 unspecified atom stereocenters. The Morgan fingerprint density at radius 3 is 2.58 bits per heavy atom. The van der Waals surface area contributed by atoms with Crippen molar-refractivity contribution in [2.24, 2.45) is 34.0 Å². The van der Waals surface area contributed by atoms with Crippen LogP contribution in [0.1, 0.15) is 39.5 Å². The molecule has 0 aromatic heterocycles. The summed E-state index contributed by atoms with van der Waals surface area (Å²) in [5, 5.41) is 45.1. The van der Waals surface area contributed by atoms with E-state index in [1.54, 1.807) is 0 Å². The fraction of sp³-hybridized carbons (Fsp3) is 0.850. The van der Waals surface area contributed by atoms with Gasteiger partial charge in [0.2, 0.25) is 5.79 Å². The van der Waals surface area contributed by atoms with E-state index >= 15 is 0 Å². The Bertz CT molecular complexity index is 717.